The molecule has 132 valence electrons. The summed E-state index contributed by atoms with van der Waals surface area (Å²) in [6.07, 6.45) is 16.2. The van der Waals surface area contributed by atoms with Gasteiger partial charge < -0.3 is 4.74 Å². The summed E-state index contributed by atoms with van der Waals surface area (Å²) in [5, 5.41) is 0. The third-order valence-electron chi connectivity index (χ3n) is 4.43. The molecule has 2 nitrogen and oxygen atoms in total. The molecule has 0 aromatic rings. The average molecular weight is 328 g/mol. The fraction of sp³-hybridized carbons (Fsp3) is 0.500. The Morgan fingerprint density at radius 1 is 1.25 bits per heavy atom. The van der Waals surface area contributed by atoms with Gasteiger partial charge in [0.1, 0.15) is 0 Å². The number of carbonyl (C=O) groups excluding carboxylic acids is 1. The van der Waals surface area contributed by atoms with E-state index in [9.17, 15) is 4.79 Å². The first-order valence-corrected chi connectivity index (χ1v) is 8.76. The van der Waals surface area contributed by atoms with Gasteiger partial charge in [-0.05, 0) is 44.6 Å². The van der Waals surface area contributed by atoms with E-state index >= 15 is 0 Å². The Hall–Kier alpha value is -1.83. The van der Waals surface area contributed by atoms with Gasteiger partial charge >= 0.3 is 5.97 Å². The molecule has 0 spiro atoms. The van der Waals surface area contributed by atoms with Gasteiger partial charge in [-0.1, -0.05) is 67.0 Å². The predicted molar refractivity (Wildman–Crippen MR) is 103 cm³/mol. The van der Waals surface area contributed by atoms with E-state index in [1.165, 1.54) is 42.1 Å². The lowest BCUT2D eigenvalue weighted by Gasteiger charge is -2.32. The van der Waals surface area contributed by atoms with Crippen LogP contribution in [-0.4, -0.2) is 12.6 Å². The lowest BCUT2D eigenvalue weighted by Crippen LogP contribution is -2.18. The number of allylic oxidation sites excluding steroid dienone is 9. The number of carbonyl (C=O) groups is 1. The maximum Gasteiger partial charge on any atom is 0.302 e. The van der Waals surface area contributed by atoms with Crippen molar-refractivity contribution in [1.29, 1.82) is 0 Å². The summed E-state index contributed by atoms with van der Waals surface area (Å²) in [6, 6.07) is 0. The zero-order valence-corrected chi connectivity index (χ0v) is 16.1. The molecular weight excluding hydrogens is 296 g/mol. The van der Waals surface area contributed by atoms with Crippen LogP contribution in [0.5, 0.6) is 0 Å². The second kappa shape index (κ2) is 9.46. The van der Waals surface area contributed by atoms with E-state index in [1.807, 2.05) is 6.92 Å². The van der Waals surface area contributed by atoms with Crippen molar-refractivity contribution < 1.29 is 9.53 Å². The molecule has 0 atom stereocenters. The third kappa shape index (κ3) is 7.16. The Kier molecular flexibility index (Phi) is 7.97. The number of rotatable bonds is 6. The molecule has 2 heteroatoms. The van der Waals surface area contributed by atoms with E-state index in [0.717, 1.165) is 6.42 Å². The maximum absolute atomic E-state index is 10.7. The SMILES string of the molecule is CC(=O)OCC/C(C)=C/C=C/C(C)=C/C=C1C(C)=CCCC1(C)C. The van der Waals surface area contributed by atoms with Crippen LogP contribution in [0.2, 0.25) is 0 Å². The van der Waals surface area contributed by atoms with Gasteiger partial charge in [-0.2, -0.15) is 0 Å². The standard InChI is InChI=1S/C22H32O2/c1-17(9-7-10-18(2)14-16-24-20(4)23)12-13-21-19(3)11-8-15-22(21,5)6/h7,9-13H,8,14-16H2,1-6H3/b9-7+,17-12+,18-10+,21-13?. The molecule has 1 aliphatic rings. The summed E-state index contributed by atoms with van der Waals surface area (Å²) in [6.45, 7) is 12.9. The summed E-state index contributed by atoms with van der Waals surface area (Å²) >= 11 is 0. The number of ether oxygens (including phenoxy) is 1. The zero-order valence-electron chi connectivity index (χ0n) is 16.1. The van der Waals surface area contributed by atoms with Crippen molar-refractivity contribution in [3.05, 3.63) is 58.7 Å². The molecule has 0 aliphatic heterocycles. The minimum absolute atomic E-state index is 0.222. The van der Waals surface area contributed by atoms with E-state index in [2.05, 4.69) is 64.2 Å². The average Bonchev–Trinajstić information content (AvgIpc) is 2.45. The van der Waals surface area contributed by atoms with Crippen molar-refractivity contribution in [2.24, 2.45) is 5.41 Å². The second-order valence-corrected chi connectivity index (χ2v) is 7.26. The Morgan fingerprint density at radius 2 is 1.96 bits per heavy atom. The summed E-state index contributed by atoms with van der Waals surface area (Å²) in [5.74, 6) is -0.222. The second-order valence-electron chi connectivity index (χ2n) is 7.26. The molecule has 24 heavy (non-hydrogen) atoms. The van der Waals surface area contributed by atoms with Crippen LogP contribution in [-0.2, 0) is 9.53 Å². The van der Waals surface area contributed by atoms with Crippen molar-refractivity contribution in [3.63, 3.8) is 0 Å². The molecule has 1 aliphatic carbocycles. The summed E-state index contributed by atoms with van der Waals surface area (Å²) < 4.78 is 4.95. The van der Waals surface area contributed by atoms with Crippen LogP contribution in [0.15, 0.2) is 58.7 Å². The molecule has 0 heterocycles. The Bertz CT molecular complexity index is 595. The highest BCUT2D eigenvalue weighted by molar-refractivity contribution is 5.65. The molecule has 0 aromatic carbocycles. The minimum atomic E-state index is -0.222. The molecule has 0 amide bonds. The normalized spacial score (nSPS) is 20.4. The fourth-order valence-corrected chi connectivity index (χ4v) is 2.86. The number of hydrogen-bond acceptors (Lipinski definition) is 2. The third-order valence-corrected chi connectivity index (χ3v) is 4.43. The van der Waals surface area contributed by atoms with Crippen LogP contribution in [0.25, 0.3) is 0 Å². The number of esters is 1. The van der Waals surface area contributed by atoms with Crippen LogP contribution in [0.1, 0.15) is 60.8 Å². The molecule has 0 saturated carbocycles. The highest BCUT2D eigenvalue weighted by Gasteiger charge is 2.26. The van der Waals surface area contributed by atoms with E-state index in [-0.39, 0.29) is 11.4 Å². The van der Waals surface area contributed by atoms with E-state index < -0.39 is 0 Å². The molecule has 0 saturated heterocycles. The molecule has 0 aromatic heterocycles. The van der Waals surface area contributed by atoms with Crippen LogP contribution < -0.4 is 0 Å². The predicted octanol–water partition coefficient (Wildman–Crippen LogP) is 6.08. The molecule has 0 fully saturated rings. The van der Waals surface area contributed by atoms with Crippen molar-refractivity contribution in [3.8, 4) is 0 Å². The molecular formula is C22H32O2. The molecule has 1 rings (SSSR count). The van der Waals surface area contributed by atoms with Crippen molar-refractivity contribution >= 4 is 5.97 Å². The smallest absolute Gasteiger partial charge is 0.302 e. The van der Waals surface area contributed by atoms with Gasteiger partial charge in [0, 0.05) is 13.3 Å². The van der Waals surface area contributed by atoms with Gasteiger partial charge in [0.05, 0.1) is 6.61 Å². The monoisotopic (exact) mass is 328 g/mol. The Balaban J connectivity index is 2.66. The van der Waals surface area contributed by atoms with Gasteiger partial charge in [-0.15, -0.1) is 0 Å². The van der Waals surface area contributed by atoms with Gasteiger partial charge in [0.2, 0.25) is 0 Å². The van der Waals surface area contributed by atoms with Gasteiger partial charge in [-0.25, -0.2) is 0 Å². The largest absolute Gasteiger partial charge is 0.466 e. The molecule has 0 bridgehead atoms. The highest BCUT2D eigenvalue weighted by atomic mass is 16.5. The first kappa shape index (κ1) is 20.2. The van der Waals surface area contributed by atoms with Gasteiger partial charge in [0.25, 0.3) is 0 Å². The van der Waals surface area contributed by atoms with Crippen molar-refractivity contribution in [1.82, 2.24) is 0 Å². The zero-order chi connectivity index (χ0) is 18.2. The lowest BCUT2D eigenvalue weighted by molar-refractivity contribution is -0.140. The van der Waals surface area contributed by atoms with Gasteiger partial charge in [-0.3, -0.25) is 4.79 Å². The topological polar surface area (TPSA) is 26.3 Å². The summed E-state index contributed by atoms with van der Waals surface area (Å²) in [4.78, 5) is 10.7. The lowest BCUT2D eigenvalue weighted by atomic mass is 9.73. The van der Waals surface area contributed by atoms with Crippen LogP contribution in [0, 0.1) is 5.41 Å². The summed E-state index contributed by atoms with van der Waals surface area (Å²) in [5.41, 5.74) is 5.52. The Labute approximate surface area is 147 Å². The van der Waals surface area contributed by atoms with Crippen LogP contribution >= 0.6 is 0 Å². The van der Waals surface area contributed by atoms with Gasteiger partial charge in [0.15, 0.2) is 0 Å². The van der Waals surface area contributed by atoms with E-state index in [4.69, 9.17) is 4.74 Å². The maximum atomic E-state index is 10.7. The van der Waals surface area contributed by atoms with E-state index in [1.54, 1.807) is 0 Å². The van der Waals surface area contributed by atoms with Crippen molar-refractivity contribution in [2.75, 3.05) is 6.61 Å². The van der Waals surface area contributed by atoms with Crippen LogP contribution in [0.4, 0.5) is 0 Å². The Morgan fingerprint density at radius 3 is 2.58 bits per heavy atom. The van der Waals surface area contributed by atoms with Crippen LogP contribution in [0.3, 0.4) is 0 Å². The molecule has 0 radical (unpaired) electrons. The highest BCUT2D eigenvalue weighted by Crippen LogP contribution is 2.40. The first-order chi connectivity index (χ1) is 11.2. The minimum Gasteiger partial charge on any atom is -0.466 e. The van der Waals surface area contributed by atoms with E-state index in [0.29, 0.717) is 6.61 Å². The number of hydrogen-bond donors (Lipinski definition) is 0. The molecule has 0 N–H and O–H groups in total. The summed E-state index contributed by atoms with van der Waals surface area (Å²) in [7, 11) is 0. The quantitative estimate of drug-likeness (QED) is 0.436. The fourth-order valence-electron chi connectivity index (χ4n) is 2.86. The first-order valence-electron chi connectivity index (χ1n) is 8.76. The molecule has 0 unspecified atom stereocenters. The van der Waals surface area contributed by atoms with Crippen molar-refractivity contribution in [2.45, 2.75) is 60.8 Å².